The summed E-state index contributed by atoms with van der Waals surface area (Å²) >= 11 is 4.09. The van der Waals surface area contributed by atoms with Gasteiger partial charge < -0.3 is 4.79 Å². The zero-order valence-electron chi connectivity index (χ0n) is 7.41. The Balaban J connectivity index is 3.02. The van der Waals surface area contributed by atoms with E-state index in [1.165, 1.54) is 12.1 Å². The molecule has 0 atom stereocenters. The molecule has 0 amide bonds. The lowest BCUT2D eigenvalue weighted by atomic mass is 10.0. The van der Waals surface area contributed by atoms with E-state index in [2.05, 4.69) is 12.6 Å². The smallest absolute Gasteiger partial charge is 0.264 e. The fourth-order valence-electron chi connectivity index (χ4n) is 1.27. The number of alkyl halides is 2. The quantitative estimate of drug-likeness (QED) is 0.604. The van der Waals surface area contributed by atoms with Crippen LogP contribution in [0.25, 0.3) is 0 Å². The van der Waals surface area contributed by atoms with Crippen LogP contribution in [0.3, 0.4) is 0 Å². The van der Waals surface area contributed by atoms with Crippen LogP contribution < -0.4 is 0 Å². The maximum atomic E-state index is 12.5. The molecule has 0 aliphatic rings. The molecule has 0 radical (unpaired) electrons. The first-order valence-electron chi connectivity index (χ1n) is 4.19. The van der Waals surface area contributed by atoms with Crippen molar-refractivity contribution in [3.63, 3.8) is 0 Å². The summed E-state index contributed by atoms with van der Waals surface area (Å²) in [4.78, 5) is 10.7. The van der Waals surface area contributed by atoms with Crippen LogP contribution in [0.5, 0.6) is 0 Å². The summed E-state index contributed by atoms with van der Waals surface area (Å²) in [5.74, 6) is 0. The minimum Gasteiger partial charge on any atom is -0.303 e. The summed E-state index contributed by atoms with van der Waals surface area (Å²) in [5.41, 5.74) is 0.442. The summed E-state index contributed by atoms with van der Waals surface area (Å²) < 4.78 is 25.0. The number of thiol groups is 1. The molecular formula is C10H10F2OS. The van der Waals surface area contributed by atoms with Crippen LogP contribution >= 0.6 is 12.6 Å². The third kappa shape index (κ3) is 2.54. The van der Waals surface area contributed by atoms with E-state index < -0.39 is 6.43 Å². The molecule has 0 aliphatic carbocycles. The maximum Gasteiger partial charge on any atom is 0.264 e. The number of carbonyl (C=O) groups is 1. The van der Waals surface area contributed by atoms with E-state index in [1.54, 1.807) is 6.07 Å². The zero-order chi connectivity index (χ0) is 10.6. The van der Waals surface area contributed by atoms with Crippen molar-refractivity contribution in [3.05, 3.63) is 29.3 Å². The van der Waals surface area contributed by atoms with Gasteiger partial charge in [-0.3, -0.25) is 0 Å². The summed E-state index contributed by atoms with van der Waals surface area (Å²) in [6, 6.07) is 4.55. The summed E-state index contributed by atoms with van der Waals surface area (Å²) in [7, 11) is 0. The predicted molar refractivity (Wildman–Crippen MR) is 53.0 cm³/mol. The molecule has 0 heterocycles. The van der Waals surface area contributed by atoms with Crippen molar-refractivity contribution in [2.75, 3.05) is 0 Å². The van der Waals surface area contributed by atoms with E-state index in [-0.39, 0.29) is 12.0 Å². The van der Waals surface area contributed by atoms with Crippen LogP contribution in [0, 0.1) is 0 Å². The number of benzene rings is 1. The standard InChI is InChI=1S/C10H10F2OS/c11-10(12)8-3-1-5-9(14)7(8)4-2-6-13/h1,3,5-6,10,14H,2,4H2. The SMILES string of the molecule is O=CCCc1c(S)cccc1C(F)F. The van der Waals surface area contributed by atoms with Crippen molar-refractivity contribution in [2.24, 2.45) is 0 Å². The van der Waals surface area contributed by atoms with Gasteiger partial charge in [0.05, 0.1) is 0 Å². The largest absolute Gasteiger partial charge is 0.303 e. The normalized spacial score (nSPS) is 10.6. The second-order valence-electron chi connectivity index (χ2n) is 2.85. The molecule has 0 fully saturated rings. The number of hydrogen-bond acceptors (Lipinski definition) is 2. The first-order chi connectivity index (χ1) is 6.66. The number of carbonyl (C=O) groups excluding carboxylic acids is 1. The molecule has 14 heavy (non-hydrogen) atoms. The monoisotopic (exact) mass is 216 g/mol. The Kier molecular flexibility index (Phi) is 4.07. The lowest BCUT2D eigenvalue weighted by molar-refractivity contribution is -0.107. The zero-order valence-corrected chi connectivity index (χ0v) is 8.31. The minimum absolute atomic E-state index is 0.0284. The maximum absolute atomic E-state index is 12.5. The van der Waals surface area contributed by atoms with Gasteiger partial charge in [0.2, 0.25) is 0 Å². The Bertz CT molecular complexity index is 326. The average molecular weight is 216 g/mol. The van der Waals surface area contributed by atoms with Crippen molar-refractivity contribution in [3.8, 4) is 0 Å². The van der Waals surface area contributed by atoms with Crippen molar-refractivity contribution in [2.45, 2.75) is 24.2 Å². The van der Waals surface area contributed by atoms with Crippen LogP contribution in [-0.2, 0) is 11.2 Å². The van der Waals surface area contributed by atoms with Gasteiger partial charge in [-0.1, -0.05) is 12.1 Å². The highest BCUT2D eigenvalue weighted by Crippen LogP contribution is 2.28. The van der Waals surface area contributed by atoms with Crippen molar-refractivity contribution >= 4 is 18.9 Å². The average Bonchev–Trinajstić information content (AvgIpc) is 2.15. The van der Waals surface area contributed by atoms with Crippen molar-refractivity contribution < 1.29 is 13.6 Å². The van der Waals surface area contributed by atoms with Gasteiger partial charge in [0, 0.05) is 16.9 Å². The molecule has 0 aliphatic heterocycles. The molecule has 0 unspecified atom stereocenters. The van der Waals surface area contributed by atoms with Gasteiger partial charge in [-0.05, 0) is 18.1 Å². The molecule has 1 aromatic rings. The van der Waals surface area contributed by atoms with Gasteiger partial charge in [0.15, 0.2) is 0 Å². The molecule has 0 bridgehead atoms. The Morgan fingerprint density at radius 3 is 2.71 bits per heavy atom. The van der Waals surface area contributed by atoms with Gasteiger partial charge in [-0.25, -0.2) is 8.78 Å². The molecule has 0 aromatic heterocycles. The molecule has 1 nitrogen and oxygen atoms in total. The number of aldehydes is 1. The van der Waals surface area contributed by atoms with Crippen LogP contribution in [0.4, 0.5) is 8.78 Å². The summed E-state index contributed by atoms with van der Waals surface area (Å²) in [5, 5.41) is 0. The number of hydrogen-bond donors (Lipinski definition) is 1. The van der Waals surface area contributed by atoms with Gasteiger partial charge >= 0.3 is 0 Å². The molecule has 0 saturated heterocycles. The molecule has 1 rings (SSSR count). The highest BCUT2D eigenvalue weighted by molar-refractivity contribution is 7.80. The topological polar surface area (TPSA) is 17.1 Å². The number of rotatable bonds is 4. The van der Waals surface area contributed by atoms with Gasteiger partial charge in [0.1, 0.15) is 6.29 Å². The van der Waals surface area contributed by atoms with Crippen LogP contribution in [0.2, 0.25) is 0 Å². The highest BCUT2D eigenvalue weighted by atomic mass is 32.1. The Morgan fingerprint density at radius 1 is 1.43 bits per heavy atom. The Hall–Kier alpha value is -0.900. The third-order valence-corrected chi connectivity index (χ3v) is 2.35. The Morgan fingerprint density at radius 2 is 2.14 bits per heavy atom. The van der Waals surface area contributed by atoms with E-state index in [0.717, 1.165) is 6.29 Å². The van der Waals surface area contributed by atoms with Crippen LogP contribution in [-0.4, -0.2) is 6.29 Å². The van der Waals surface area contributed by atoms with Gasteiger partial charge in [-0.2, -0.15) is 0 Å². The molecule has 1 aromatic carbocycles. The lowest BCUT2D eigenvalue weighted by Crippen LogP contribution is -1.97. The highest BCUT2D eigenvalue weighted by Gasteiger charge is 2.13. The fourth-order valence-corrected chi connectivity index (χ4v) is 1.60. The summed E-state index contributed by atoms with van der Waals surface area (Å²) in [6.07, 6.45) is -1.22. The molecule has 0 spiro atoms. The van der Waals surface area contributed by atoms with Gasteiger partial charge in [0.25, 0.3) is 6.43 Å². The predicted octanol–water partition coefficient (Wildman–Crippen LogP) is 3.04. The lowest BCUT2D eigenvalue weighted by Gasteiger charge is -2.09. The van der Waals surface area contributed by atoms with Crippen molar-refractivity contribution in [1.29, 1.82) is 0 Å². The van der Waals surface area contributed by atoms with E-state index in [0.29, 0.717) is 16.9 Å². The molecule has 76 valence electrons. The second kappa shape index (κ2) is 5.10. The van der Waals surface area contributed by atoms with Crippen molar-refractivity contribution in [1.82, 2.24) is 0 Å². The minimum atomic E-state index is -2.51. The number of halogens is 2. The second-order valence-corrected chi connectivity index (χ2v) is 3.33. The first-order valence-corrected chi connectivity index (χ1v) is 4.64. The molecule has 0 saturated carbocycles. The molecule has 4 heteroatoms. The Labute approximate surface area is 86.5 Å². The first kappa shape index (κ1) is 11.2. The van der Waals surface area contributed by atoms with Crippen LogP contribution in [0.15, 0.2) is 23.1 Å². The van der Waals surface area contributed by atoms with E-state index >= 15 is 0 Å². The third-order valence-electron chi connectivity index (χ3n) is 1.93. The van der Waals surface area contributed by atoms with E-state index in [9.17, 15) is 13.6 Å². The van der Waals surface area contributed by atoms with Gasteiger partial charge in [-0.15, -0.1) is 12.6 Å². The molecule has 0 N–H and O–H groups in total. The summed E-state index contributed by atoms with van der Waals surface area (Å²) in [6.45, 7) is 0. The fraction of sp³-hybridized carbons (Fsp3) is 0.300. The van der Waals surface area contributed by atoms with E-state index in [1.807, 2.05) is 0 Å². The molecular weight excluding hydrogens is 206 g/mol. The van der Waals surface area contributed by atoms with Crippen LogP contribution in [0.1, 0.15) is 24.0 Å². The van der Waals surface area contributed by atoms with E-state index in [4.69, 9.17) is 0 Å².